The number of fused-ring (bicyclic) bond motifs is 3. The number of H-pyrrole nitrogens is 1. The van der Waals surface area contributed by atoms with Crippen molar-refractivity contribution in [3.05, 3.63) is 71.4 Å². The zero-order valence-electron chi connectivity index (χ0n) is 17.3. The maximum atomic E-state index is 5.74. The predicted molar refractivity (Wildman–Crippen MR) is 120 cm³/mol. The third kappa shape index (κ3) is 3.84. The molecular formula is C26H30N2O. The number of aromatic amines is 1. The van der Waals surface area contributed by atoms with Gasteiger partial charge in [0.1, 0.15) is 5.75 Å². The summed E-state index contributed by atoms with van der Waals surface area (Å²) in [4.78, 5) is 6.30. The van der Waals surface area contributed by atoms with E-state index in [-0.39, 0.29) is 0 Å². The molecule has 3 nitrogen and oxygen atoms in total. The summed E-state index contributed by atoms with van der Waals surface area (Å²) in [5, 5.41) is 1.36. The highest BCUT2D eigenvalue weighted by molar-refractivity contribution is 5.86. The zero-order chi connectivity index (χ0) is 19.6. The third-order valence-corrected chi connectivity index (χ3v) is 6.53. The van der Waals surface area contributed by atoms with Crippen molar-refractivity contribution in [2.45, 2.75) is 32.6 Å². The molecule has 2 aliphatic rings. The van der Waals surface area contributed by atoms with E-state index in [9.17, 15) is 0 Å². The van der Waals surface area contributed by atoms with Crippen LogP contribution in [0.4, 0.5) is 0 Å². The van der Waals surface area contributed by atoms with Gasteiger partial charge in [0.2, 0.25) is 0 Å². The van der Waals surface area contributed by atoms with E-state index in [1.165, 1.54) is 59.2 Å². The van der Waals surface area contributed by atoms with Gasteiger partial charge in [0.25, 0.3) is 0 Å². The molecule has 3 heteroatoms. The second kappa shape index (κ2) is 8.08. The predicted octanol–water partition coefficient (Wildman–Crippen LogP) is 5.46. The zero-order valence-corrected chi connectivity index (χ0v) is 17.3. The maximum absolute atomic E-state index is 5.74. The summed E-state index contributed by atoms with van der Waals surface area (Å²) in [7, 11) is 0. The maximum Gasteiger partial charge on any atom is 0.120 e. The van der Waals surface area contributed by atoms with Crippen LogP contribution in [-0.2, 0) is 12.8 Å². The Kier molecular flexibility index (Phi) is 5.15. The van der Waals surface area contributed by atoms with Crippen LogP contribution < -0.4 is 4.74 Å². The van der Waals surface area contributed by atoms with Crippen molar-refractivity contribution >= 4 is 16.5 Å². The Hall–Kier alpha value is -2.52. The summed E-state index contributed by atoms with van der Waals surface area (Å²) >= 11 is 0. The summed E-state index contributed by atoms with van der Waals surface area (Å²) in [6.45, 7) is 6.22. The molecule has 5 rings (SSSR count). The first-order valence-electron chi connectivity index (χ1n) is 11.0. The third-order valence-electron chi connectivity index (χ3n) is 6.53. The number of aryl methyl sites for hydroxylation is 1. The lowest BCUT2D eigenvalue weighted by Crippen LogP contribution is -2.35. The molecular weight excluding hydrogens is 356 g/mol. The van der Waals surface area contributed by atoms with Gasteiger partial charge in [-0.3, -0.25) is 4.90 Å². The van der Waals surface area contributed by atoms with E-state index < -0.39 is 0 Å². The first kappa shape index (κ1) is 18.5. The second-order valence-electron chi connectivity index (χ2n) is 8.44. The number of hydrogen-bond acceptors (Lipinski definition) is 2. The van der Waals surface area contributed by atoms with Gasteiger partial charge in [-0.1, -0.05) is 36.4 Å². The van der Waals surface area contributed by atoms with Gasteiger partial charge < -0.3 is 9.72 Å². The molecule has 1 aliphatic carbocycles. The van der Waals surface area contributed by atoms with Crippen LogP contribution in [0.1, 0.15) is 36.6 Å². The standard InChI is InChI=1S/C26H30N2O/c1-2-29-22-9-11-26-24(17-22)23-16-19(8-10-25(23)27-26)18-28-14-12-21(13-15-28)20-6-4-3-5-7-20/h3-7,9,11-12,17,19,27H,2,8,10,13-16,18H2,1H3. The fourth-order valence-electron chi connectivity index (χ4n) is 5.04. The molecule has 29 heavy (non-hydrogen) atoms. The van der Waals surface area contributed by atoms with Crippen molar-refractivity contribution < 1.29 is 4.74 Å². The van der Waals surface area contributed by atoms with Crippen LogP contribution >= 0.6 is 0 Å². The minimum Gasteiger partial charge on any atom is -0.494 e. The van der Waals surface area contributed by atoms with Gasteiger partial charge in [-0.05, 0) is 73.4 Å². The summed E-state index contributed by atoms with van der Waals surface area (Å²) in [5.74, 6) is 1.72. The highest BCUT2D eigenvalue weighted by Crippen LogP contribution is 2.34. The van der Waals surface area contributed by atoms with E-state index in [0.717, 1.165) is 31.1 Å². The average Bonchev–Trinajstić information content (AvgIpc) is 3.13. The fraction of sp³-hybridized carbons (Fsp3) is 0.385. The van der Waals surface area contributed by atoms with E-state index in [4.69, 9.17) is 4.74 Å². The van der Waals surface area contributed by atoms with Crippen molar-refractivity contribution in [3.63, 3.8) is 0 Å². The van der Waals surface area contributed by atoms with Gasteiger partial charge in [0.15, 0.2) is 0 Å². The Morgan fingerprint density at radius 2 is 2.00 bits per heavy atom. The molecule has 2 aromatic carbocycles. The number of aromatic nitrogens is 1. The lowest BCUT2D eigenvalue weighted by atomic mass is 9.85. The largest absolute Gasteiger partial charge is 0.494 e. The molecule has 150 valence electrons. The van der Waals surface area contributed by atoms with Gasteiger partial charge >= 0.3 is 0 Å². The van der Waals surface area contributed by atoms with Gasteiger partial charge in [0.05, 0.1) is 6.61 Å². The first-order valence-corrected chi connectivity index (χ1v) is 11.0. The van der Waals surface area contributed by atoms with Crippen LogP contribution in [0.3, 0.4) is 0 Å². The molecule has 0 amide bonds. The molecule has 2 heterocycles. The van der Waals surface area contributed by atoms with Crippen molar-refractivity contribution in [3.8, 4) is 5.75 Å². The fourth-order valence-corrected chi connectivity index (χ4v) is 5.04. The quantitative estimate of drug-likeness (QED) is 0.630. The Labute approximate surface area is 173 Å². The van der Waals surface area contributed by atoms with Crippen LogP contribution in [0.15, 0.2) is 54.6 Å². The Balaban J connectivity index is 1.27. The molecule has 0 spiro atoms. The van der Waals surface area contributed by atoms with Crippen molar-refractivity contribution in [2.24, 2.45) is 5.92 Å². The van der Waals surface area contributed by atoms with Crippen LogP contribution in [-0.4, -0.2) is 36.1 Å². The van der Waals surface area contributed by atoms with E-state index in [1.54, 1.807) is 0 Å². The molecule has 1 atom stereocenters. The molecule has 1 aromatic heterocycles. The molecule has 1 N–H and O–H groups in total. The lowest BCUT2D eigenvalue weighted by molar-refractivity contribution is 0.238. The van der Waals surface area contributed by atoms with Gasteiger partial charge in [0, 0.05) is 36.2 Å². The summed E-state index contributed by atoms with van der Waals surface area (Å²) in [6.07, 6.45) is 7.22. The minimum absolute atomic E-state index is 0.716. The summed E-state index contributed by atoms with van der Waals surface area (Å²) < 4.78 is 5.74. The van der Waals surface area contributed by atoms with Crippen LogP contribution in [0, 0.1) is 5.92 Å². The van der Waals surface area contributed by atoms with Crippen LogP contribution in [0.5, 0.6) is 5.75 Å². The van der Waals surface area contributed by atoms with Crippen molar-refractivity contribution in [2.75, 3.05) is 26.2 Å². The number of ether oxygens (including phenoxy) is 1. The van der Waals surface area contributed by atoms with E-state index >= 15 is 0 Å². The molecule has 0 bridgehead atoms. The number of nitrogens with one attached hydrogen (secondary N) is 1. The van der Waals surface area contributed by atoms with Crippen molar-refractivity contribution in [1.82, 2.24) is 9.88 Å². The second-order valence-corrected chi connectivity index (χ2v) is 8.44. The minimum atomic E-state index is 0.716. The van der Waals surface area contributed by atoms with Gasteiger partial charge in [-0.15, -0.1) is 0 Å². The Bertz CT molecular complexity index is 1020. The van der Waals surface area contributed by atoms with Crippen molar-refractivity contribution in [1.29, 1.82) is 0 Å². The number of nitrogens with zero attached hydrogens (tertiary/aromatic N) is 1. The highest BCUT2D eigenvalue weighted by atomic mass is 16.5. The van der Waals surface area contributed by atoms with E-state index in [1.807, 2.05) is 6.92 Å². The lowest BCUT2D eigenvalue weighted by Gasteiger charge is -2.32. The van der Waals surface area contributed by atoms with E-state index in [2.05, 4.69) is 64.5 Å². The van der Waals surface area contributed by atoms with Gasteiger partial charge in [-0.25, -0.2) is 0 Å². The molecule has 3 aromatic rings. The molecule has 0 radical (unpaired) electrons. The Morgan fingerprint density at radius 1 is 1.10 bits per heavy atom. The van der Waals surface area contributed by atoms with Crippen LogP contribution in [0.25, 0.3) is 16.5 Å². The molecule has 1 unspecified atom stereocenters. The topological polar surface area (TPSA) is 28.3 Å². The molecule has 1 aliphatic heterocycles. The number of hydrogen-bond donors (Lipinski definition) is 1. The summed E-state index contributed by atoms with van der Waals surface area (Å²) in [5.41, 5.74) is 7.11. The summed E-state index contributed by atoms with van der Waals surface area (Å²) in [6, 6.07) is 17.3. The SMILES string of the molecule is CCOc1ccc2[nH]c3c(c2c1)CC(CN1CC=C(c2ccccc2)CC1)CC3. The van der Waals surface area contributed by atoms with Crippen LogP contribution in [0.2, 0.25) is 0 Å². The van der Waals surface area contributed by atoms with E-state index in [0.29, 0.717) is 6.61 Å². The smallest absolute Gasteiger partial charge is 0.120 e. The Morgan fingerprint density at radius 3 is 2.79 bits per heavy atom. The molecule has 0 fully saturated rings. The average molecular weight is 387 g/mol. The monoisotopic (exact) mass is 386 g/mol. The molecule has 0 saturated heterocycles. The number of benzene rings is 2. The van der Waals surface area contributed by atoms with Gasteiger partial charge in [-0.2, -0.15) is 0 Å². The normalized spacial score (nSPS) is 19.8. The highest BCUT2D eigenvalue weighted by Gasteiger charge is 2.25. The molecule has 0 saturated carbocycles. The first-order chi connectivity index (χ1) is 14.3. The number of rotatable bonds is 5.